The molecule has 152 valence electrons. The number of hydrogen-bond donors (Lipinski definition) is 1. The van der Waals surface area contributed by atoms with Gasteiger partial charge in [-0.2, -0.15) is 5.10 Å². The quantitative estimate of drug-likeness (QED) is 0.365. The average molecular weight is 406 g/mol. The number of anilines is 1. The van der Waals surface area contributed by atoms with Gasteiger partial charge >= 0.3 is 5.97 Å². The first-order valence-electron chi connectivity index (χ1n) is 9.38. The van der Waals surface area contributed by atoms with Gasteiger partial charge in [0, 0.05) is 12.0 Å². The molecule has 0 aliphatic heterocycles. The molecule has 1 aromatic heterocycles. The van der Waals surface area contributed by atoms with Gasteiger partial charge in [-0.05, 0) is 37.1 Å². The van der Waals surface area contributed by atoms with Gasteiger partial charge in [0.1, 0.15) is 5.69 Å². The van der Waals surface area contributed by atoms with E-state index < -0.39 is 23.4 Å². The number of carbonyl (C=O) groups excluding carboxylic acids is 2. The molecule has 0 bridgehead atoms. The van der Waals surface area contributed by atoms with Crippen molar-refractivity contribution in [2.24, 2.45) is 0 Å². The summed E-state index contributed by atoms with van der Waals surface area (Å²) in [6, 6.07) is 16.6. The van der Waals surface area contributed by atoms with Crippen LogP contribution in [-0.2, 0) is 9.53 Å². The molecule has 2 aromatic carbocycles. The van der Waals surface area contributed by atoms with Crippen molar-refractivity contribution in [1.29, 1.82) is 0 Å². The predicted octanol–water partition coefficient (Wildman–Crippen LogP) is 3.45. The molecule has 1 fully saturated rings. The van der Waals surface area contributed by atoms with Crippen molar-refractivity contribution in [2.75, 3.05) is 11.9 Å². The molecular formula is C21H18N4O5. The average Bonchev–Trinajstić information content (AvgIpc) is 3.51. The largest absolute Gasteiger partial charge is 0.451 e. The SMILES string of the molecule is O=C(COC(=O)c1cc(C2CC2)nn1-c1ccccc1)Nc1ccccc1[N+](=O)[O-]. The van der Waals surface area contributed by atoms with Crippen molar-refractivity contribution in [3.8, 4) is 5.69 Å². The lowest BCUT2D eigenvalue weighted by Crippen LogP contribution is -2.22. The first-order valence-corrected chi connectivity index (χ1v) is 9.38. The Morgan fingerprint density at radius 2 is 1.83 bits per heavy atom. The summed E-state index contributed by atoms with van der Waals surface area (Å²) in [6.07, 6.45) is 2.05. The Hall–Kier alpha value is -4.01. The van der Waals surface area contributed by atoms with Crippen LogP contribution < -0.4 is 5.32 Å². The van der Waals surface area contributed by atoms with E-state index in [2.05, 4.69) is 10.4 Å². The molecular weight excluding hydrogens is 388 g/mol. The van der Waals surface area contributed by atoms with Gasteiger partial charge in [-0.3, -0.25) is 14.9 Å². The molecule has 4 rings (SSSR count). The van der Waals surface area contributed by atoms with Crippen LogP contribution >= 0.6 is 0 Å². The lowest BCUT2D eigenvalue weighted by Gasteiger charge is -2.08. The van der Waals surface area contributed by atoms with Crippen LogP contribution in [0, 0.1) is 10.1 Å². The topological polar surface area (TPSA) is 116 Å². The van der Waals surface area contributed by atoms with Crippen molar-refractivity contribution in [3.05, 3.63) is 82.2 Å². The van der Waals surface area contributed by atoms with Gasteiger partial charge in [0.25, 0.3) is 11.6 Å². The smallest absolute Gasteiger partial charge is 0.357 e. The number of nitro benzene ring substituents is 1. The highest BCUT2D eigenvalue weighted by molar-refractivity contribution is 5.96. The fourth-order valence-electron chi connectivity index (χ4n) is 3.02. The maximum atomic E-state index is 12.7. The summed E-state index contributed by atoms with van der Waals surface area (Å²) in [4.78, 5) is 35.3. The van der Waals surface area contributed by atoms with E-state index in [0.717, 1.165) is 18.5 Å². The van der Waals surface area contributed by atoms with Gasteiger partial charge in [-0.25, -0.2) is 9.48 Å². The number of aromatic nitrogens is 2. The van der Waals surface area contributed by atoms with E-state index in [1.54, 1.807) is 12.1 Å². The highest BCUT2D eigenvalue weighted by Gasteiger charge is 2.29. The van der Waals surface area contributed by atoms with E-state index in [0.29, 0.717) is 11.6 Å². The number of nitrogens with one attached hydrogen (secondary N) is 1. The molecule has 9 heteroatoms. The van der Waals surface area contributed by atoms with E-state index in [4.69, 9.17) is 4.74 Å². The number of benzene rings is 2. The molecule has 1 heterocycles. The molecule has 1 aliphatic carbocycles. The third-order valence-corrected chi connectivity index (χ3v) is 4.64. The molecule has 1 aliphatic rings. The minimum atomic E-state index is -0.698. The molecule has 9 nitrogen and oxygen atoms in total. The van der Waals surface area contributed by atoms with Gasteiger partial charge < -0.3 is 10.1 Å². The Kier molecular flexibility index (Phi) is 5.25. The highest BCUT2D eigenvalue weighted by atomic mass is 16.6. The van der Waals surface area contributed by atoms with Crippen molar-refractivity contribution < 1.29 is 19.2 Å². The third kappa shape index (κ3) is 4.19. The zero-order valence-corrected chi connectivity index (χ0v) is 15.9. The molecule has 0 saturated heterocycles. The number of ether oxygens (including phenoxy) is 1. The monoisotopic (exact) mass is 406 g/mol. The van der Waals surface area contributed by atoms with Crippen molar-refractivity contribution >= 4 is 23.3 Å². The Balaban J connectivity index is 1.47. The van der Waals surface area contributed by atoms with Crippen LogP contribution in [0.2, 0.25) is 0 Å². The molecule has 1 amide bonds. The summed E-state index contributed by atoms with van der Waals surface area (Å²) < 4.78 is 6.67. The number of nitro groups is 1. The van der Waals surface area contributed by atoms with Crippen LogP contribution in [0.1, 0.15) is 34.9 Å². The minimum absolute atomic E-state index is 0.0360. The summed E-state index contributed by atoms with van der Waals surface area (Å²) in [5, 5.41) is 18.0. The summed E-state index contributed by atoms with van der Waals surface area (Å²) in [5.41, 5.74) is 1.54. The fourth-order valence-corrected chi connectivity index (χ4v) is 3.02. The van der Waals surface area contributed by atoms with Crippen molar-refractivity contribution in [2.45, 2.75) is 18.8 Å². The summed E-state index contributed by atoms with van der Waals surface area (Å²) in [7, 11) is 0. The number of esters is 1. The highest BCUT2D eigenvalue weighted by Crippen LogP contribution is 2.39. The van der Waals surface area contributed by atoms with Crippen LogP contribution in [0.4, 0.5) is 11.4 Å². The fraction of sp³-hybridized carbons (Fsp3) is 0.190. The molecule has 0 unspecified atom stereocenters. The first-order chi connectivity index (χ1) is 14.5. The number of carbonyl (C=O) groups is 2. The third-order valence-electron chi connectivity index (χ3n) is 4.64. The Labute approximate surface area is 171 Å². The normalized spacial score (nSPS) is 12.9. The Morgan fingerprint density at radius 1 is 1.13 bits per heavy atom. The van der Waals surface area contributed by atoms with E-state index in [-0.39, 0.29) is 17.1 Å². The molecule has 3 aromatic rings. The zero-order valence-electron chi connectivity index (χ0n) is 15.9. The first kappa shape index (κ1) is 19.3. The molecule has 0 atom stereocenters. The van der Waals surface area contributed by atoms with Crippen molar-refractivity contribution in [1.82, 2.24) is 9.78 Å². The number of para-hydroxylation sites is 3. The second-order valence-corrected chi connectivity index (χ2v) is 6.87. The van der Waals surface area contributed by atoms with Gasteiger partial charge in [-0.1, -0.05) is 30.3 Å². The molecule has 0 radical (unpaired) electrons. The number of rotatable bonds is 7. The van der Waals surface area contributed by atoms with Crippen molar-refractivity contribution in [3.63, 3.8) is 0 Å². The van der Waals surface area contributed by atoms with Crippen LogP contribution in [0.25, 0.3) is 5.69 Å². The maximum Gasteiger partial charge on any atom is 0.357 e. The van der Waals surface area contributed by atoms with E-state index in [1.807, 2.05) is 30.3 Å². The standard InChI is InChI=1S/C21H18N4O5/c26-20(22-16-8-4-5-9-18(16)25(28)29)13-30-21(27)19-12-17(14-10-11-14)23-24(19)15-6-2-1-3-7-15/h1-9,12,14H,10-11,13H2,(H,22,26). The van der Waals surface area contributed by atoms with Gasteiger partial charge in [-0.15, -0.1) is 0 Å². The second-order valence-electron chi connectivity index (χ2n) is 6.87. The molecule has 30 heavy (non-hydrogen) atoms. The Morgan fingerprint density at radius 3 is 2.53 bits per heavy atom. The number of hydrogen-bond acceptors (Lipinski definition) is 6. The summed E-state index contributed by atoms with van der Waals surface area (Å²) in [5.74, 6) is -1.04. The number of amides is 1. The molecule has 0 spiro atoms. The van der Waals surface area contributed by atoms with E-state index in [9.17, 15) is 19.7 Å². The maximum absolute atomic E-state index is 12.7. The van der Waals surface area contributed by atoms with E-state index >= 15 is 0 Å². The number of nitrogens with zero attached hydrogens (tertiary/aromatic N) is 3. The second kappa shape index (κ2) is 8.16. The zero-order chi connectivity index (χ0) is 21.1. The van der Waals surface area contributed by atoms with Crippen LogP contribution in [-0.4, -0.2) is 33.2 Å². The summed E-state index contributed by atoms with van der Waals surface area (Å²) in [6.45, 7) is -0.580. The Bertz CT molecular complexity index is 1110. The molecule has 1 saturated carbocycles. The lowest BCUT2D eigenvalue weighted by molar-refractivity contribution is -0.383. The van der Waals surface area contributed by atoms with E-state index in [1.165, 1.54) is 22.9 Å². The van der Waals surface area contributed by atoms with Crippen LogP contribution in [0.5, 0.6) is 0 Å². The summed E-state index contributed by atoms with van der Waals surface area (Å²) >= 11 is 0. The molecule has 1 N–H and O–H groups in total. The van der Waals surface area contributed by atoms with Gasteiger partial charge in [0.15, 0.2) is 12.3 Å². The van der Waals surface area contributed by atoms with Gasteiger partial charge in [0.2, 0.25) is 0 Å². The minimum Gasteiger partial charge on any atom is -0.451 e. The lowest BCUT2D eigenvalue weighted by atomic mass is 10.2. The van der Waals surface area contributed by atoms with Gasteiger partial charge in [0.05, 0.1) is 16.3 Å². The predicted molar refractivity (Wildman–Crippen MR) is 108 cm³/mol. The van der Waals surface area contributed by atoms with Crippen LogP contribution in [0.3, 0.4) is 0 Å². The van der Waals surface area contributed by atoms with Crippen LogP contribution in [0.15, 0.2) is 60.7 Å².